The molecule has 0 aliphatic carbocycles. The summed E-state index contributed by atoms with van der Waals surface area (Å²) in [7, 11) is 0. The molecule has 0 aromatic heterocycles. The number of hydrogen-bond donors (Lipinski definition) is 0. The van der Waals surface area contributed by atoms with E-state index < -0.39 is 0 Å². The summed E-state index contributed by atoms with van der Waals surface area (Å²) in [6.45, 7) is 7.00. The molecule has 0 atom stereocenters. The molecule has 2 heteroatoms. The Labute approximate surface area is 169 Å². The fourth-order valence-electron chi connectivity index (χ4n) is 2.79. The molecular weight excluding hydrogens is 344 g/mol. The molecule has 2 aromatic rings. The van der Waals surface area contributed by atoms with Crippen molar-refractivity contribution in [1.82, 2.24) is 0 Å². The van der Waals surface area contributed by atoms with Crippen LogP contribution < -0.4 is 9.47 Å². The van der Waals surface area contributed by atoms with Crippen LogP contribution >= 0.6 is 0 Å². The number of benzene rings is 2. The van der Waals surface area contributed by atoms with Crippen molar-refractivity contribution in [3.05, 3.63) is 47.5 Å². The second-order valence-electron chi connectivity index (χ2n) is 6.63. The van der Waals surface area contributed by atoms with E-state index in [0.29, 0.717) is 12.4 Å². The van der Waals surface area contributed by atoms with Crippen molar-refractivity contribution in [3.8, 4) is 58.8 Å². The summed E-state index contributed by atoms with van der Waals surface area (Å²) in [6.07, 6.45) is 12.4. The van der Waals surface area contributed by atoms with Crippen molar-refractivity contribution in [1.29, 1.82) is 0 Å². The van der Waals surface area contributed by atoms with Crippen LogP contribution in [0.3, 0.4) is 0 Å². The quantitative estimate of drug-likeness (QED) is 0.425. The van der Waals surface area contributed by atoms with Gasteiger partial charge in [0.25, 0.3) is 0 Å². The first-order chi connectivity index (χ1) is 13.7. The van der Waals surface area contributed by atoms with Crippen LogP contribution in [0.1, 0.15) is 43.7 Å². The Hall–Kier alpha value is -3.28. The molecule has 0 spiro atoms. The lowest BCUT2D eigenvalue weighted by Gasteiger charge is -2.15. The van der Waals surface area contributed by atoms with Gasteiger partial charge in [0.05, 0.1) is 6.61 Å². The van der Waals surface area contributed by atoms with Crippen LogP contribution in [0, 0.1) is 50.1 Å². The Morgan fingerprint density at radius 1 is 0.821 bits per heavy atom. The molecule has 0 bridgehead atoms. The molecule has 2 aromatic carbocycles. The van der Waals surface area contributed by atoms with Gasteiger partial charge in [-0.1, -0.05) is 50.5 Å². The molecule has 0 radical (unpaired) electrons. The molecule has 0 saturated heterocycles. The van der Waals surface area contributed by atoms with Crippen LogP contribution in [0.15, 0.2) is 36.4 Å². The van der Waals surface area contributed by atoms with Crippen molar-refractivity contribution in [2.24, 2.45) is 0 Å². The molecule has 0 aliphatic heterocycles. The van der Waals surface area contributed by atoms with Gasteiger partial charge in [-0.2, -0.15) is 0 Å². The summed E-state index contributed by atoms with van der Waals surface area (Å²) in [6, 6.07) is 12.3. The monoisotopic (exact) mass is 370 g/mol. The first-order valence-corrected chi connectivity index (χ1v) is 9.62. The molecule has 28 heavy (non-hydrogen) atoms. The van der Waals surface area contributed by atoms with Gasteiger partial charge in [-0.3, -0.25) is 0 Å². The minimum atomic E-state index is 0.676. The van der Waals surface area contributed by atoms with Gasteiger partial charge in [0, 0.05) is 23.0 Å². The van der Waals surface area contributed by atoms with Gasteiger partial charge in [0.1, 0.15) is 17.6 Å². The van der Waals surface area contributed by atoms with Gasteiger partial charge in [0.2, 0.25) is 0 Å². The van der Waals surface area contributed by atoms with Crippen molar-refractivity contribution in [2.75, 3.05) is 6.61 Å². The Bertz CT molecular complexity index is 956. The van der Waals surface area contributed by atoms with Crippen molar-refractivity contribution in [3.63, 3.8) is 0 Å². The smallest absolute Gasteiger partial charge is 0.148 e. The zero-order valence-corrected chi connectivity index (χ0v) is 16.9. The van der Waals surface area contributed by atoms with Crippen LogP contribution in [0.4, 0.5) is 0 Å². The van der Waals surface area contributed by atoms with Crippen molar-refractivity contribution >= 4 is 0 Å². The Morgan fingerprint density at radius 3 is 2.18 bits per heavy atom. The highest BCUT2D eigenvalue weighted by atomic mass is 16.5. The van der Waals surface area contributed by atoms with Crippen molar-refractivity contribution in [2.45, 2.75) is 46.5 Å². The van der Waals surface area contributed by atoms with E-state index in [-0.39, 0.29) is 0 Å². The maximum atomic E-state index is 6.13. The van der Waals surface area contributed by atoms with Crippen LogP contribution in [0.5, 0.6) is 11.5 Å². The maximum absolute atomic E-state index is 6.13. The summed E-state index contributed by atoms with van der Waals surface area (Å²) < 4.78 is 11.8. The van der Waals surface area contributed by atoms with Gasteiger partial charge in [-0.25, -0.2) is 0 Å². The highest BCUT2D eigenvalue weighted by Gasteiger charge is 2.13. The lowest BCUT2D eigenvalue weighted by molar-refractivity contribution is 0.306. The molecule has 0 amide bonds. The van der Waals surface area contributed by atoms with E-state index >= 15 is 0 Å². The van der Waals surface area contributed by atoms with E-state index in [1.807, 2.05) is 19.1 Å². The van der Waals surface area contributed by atoms with Gasteiger partial charge >= 0.3 is 0 Å². The molecule has 0 N–H and O–H groups in total. The third-order valence-electron chi connectivity index (χ3n) is 4.23. The highest BCUT2D eigenvalue weighted by Crippen LogP contribution is 2.37. The minimum Gasteiger partial charge on any atom is -0.493 e. The van der Waals surface area contributed by atoms with Crippen LogP contribution in [-0.4, -0.2) is 6.61 Å². The number of hydrogen-bond acceptors (Lipinski definition) is 2. The molecule has 0 saturated carbocycles. The van der Waals surface area contributed by atoms with Crippen LogP contribution in [0.2, 0.25) is 0 Å². The van der Waals surface area contributed by atoms with Crippen molar-refractivity contribution < 1.29 is 9.47 Å². The third kappa shape index (κ3) is 6.46. The largest absolute Gasteiger partial charge is 0.493 e. The zero-order valence-electron chi connectivity index (χ0n) is 16.9. The summed E-state index contributed by atoms with van der Waals surface area (Å²) in [4.78, 5) is 0. The molecular formula is C26H26O2. The van der Waals surface area contributed by atoms with Gasteiger partial charge in [0.15, 0.2) is 0 Å². The van der Waals surface area contributed by atoms with E-state index in [9.17, 15) is 0 Å². The van der Waals surface area contributed by atoms with E-state index in [1.165, 1.54) is 19.3 Å². The lowest BCUT2D eigenvalue weighted by atomic mass is 10.0. The van der Waals surface area contributed by atoms with Crippen LogP contribution in [0.25, 0.3) is 11.1 Å². The molecule has 0 heterocycles. The second-order valence-corrected chi connectivity index (χ2v) is 6.63. The fourth-order valence-corrected chi connectivity index (χ4v) is 2.79. The number of terminal acetylenes is 1. The van der Waals surface area contributed by atoms with Crippen LogP contribution in [-0.2, 0) is 0 Å². The Balaban J connectivity index is 2.30. The first-order valence-electron chi connectivity index (χ1n) is 9.62. The van der Waals surface area contributed by atoms with Gasteiger partial charge in [-0.05, 0) is 55.4 Å². The summed E-state index contributed by atoms with van der Waals surface area (Å²) in [5.41, 5.74) is 4.18. The zero-order chi connectivity index (χ0) is 20.2. The topological polar surface area (TPSA) is 18.5 Å². The Kier molecular flexibility index (Phi) is 8.59. The average Bonchev–Trinajstić information content (AvgIpc) is 2.68. The summed E-state index contributed by atoms with van der Waals surface area (Å²) >= 11 is 0. The maximum Gasteiger partial charge on any atom is 0.148 e. The number of rotatable bonds is 8. The molecule has 2 nitrogen and oxygen atoms in total. The van der Waals surface area contributed by atoms with E-state index in [0.717, 1.165) is 34.4 Å². The first kappa shape index (κ1) is 21.0. The minimum absolute atomic E-state index is 0.676. The lowest BCUT2D eigenvalue weighted by Crippen LogP contribution is -2.00. The standard InChI is InChI=1S/C26H26O2/c1-5-7-9-11-17-27-25-19-21(3)13-15-23(25)24-16-14-22(4)20-26(24)28-18-12-10-8-6-2/h1,13-16,19-20H,6,8,10,12,18H2,2-4H3. The average molecular weight is 370 g/mol. The number of aryl methyl sites for hydroxylation is 2. The molecule has 0 unspecified atom stereocenters. The van der Waals surface area contributed by atoms with Gasteiger partial charge in [-0.15, -0.1) is 6.42 Å². The predicted octanol–water partition coefficient (Wildman–Crippen LogP) is 5.91. The van der Waals surface area contributed by atoms with E-state index in [1.54, 1.807) is 0 Å². The predicted molar refractivity (Wildman–Crippen MR) is 116 cm³/mol. The number of ether oxygens (including phenoxy) is 2. The highest BCUT2D eigenvalue weighted by molar-refractivity contribution is 5.76. The second kappa shape index (κ2) is 11.4. The van der Waals surface area contributed by atoms with Gasteiger partial charge < -0.3 is 9.47 Å². The SMILES string of the molecule is C#CC#CC#COc1cc(C)ccc1-c1ccc(C)cc1OCCCCCC. The molecule has 0 fully saturated rings. The Morgan fingerprint density at radius 2 is 1.50 bits per heavy atom. The fraction of sp³-hybridized carbons (Fsp3) is 0.308. The van der Waals surface area contributed by atoms with E-state index in [2.05, 4.69) is 67.9 Å². The molecule has 2 rings (SSSR count). The normalized spacial score (nSPS) is 9.36. The molecule has 142 valence electrons. The summed E-state index contributed by atoms with van der Waals surface area (Å²) in [5, 5.41) is 0. The molecule has 0 aliphatic rings. The van der Waals surface area contributed by atoms with E-state index in [4.69, 9.17) is 15.9 Å². The third-order valence-corrected chi connectivity index (χ3v) is 4.23. The number of unbranched alkanes of at least 4 members (excludes halogenated alkanes) is 3. The summed E-state index contributed by atoms with van der Waals surface area (Å²) in [5.74, 6) is 11.4.